The van der Waals surface area contributed by atoms with E-state index in [0.29, 0.717) is 12.1 Å². The highest BCUT2D eigenvalue weighted by Crippen LogP contribution is 2.28. The summed E-state index contributed by atoms with van der Waals surface area (Å²) in [4.78, 5) is 12.3. The van der Waals surface area contributed by atoms with Crippen molar-refractivity contribution in [1.29, 1.82) is 0 Å². The monoisotopic (exact) mass is 303 g/mol. The summed E-state index contributed by atoms with van der Waals surface area (Å²) >= 11 is 1.30. The van der Waals surface area contributed by atoms with Crippen molar-refractivity contribution >= 4 is 22.4 Å². The molecule has 1 aliphatic rings. The van der Waals surface area contributed by atoms with Crippen LogP contribution in [0.3, 0.4) is 0 Å². The Bertz CT molecular complexity index is 644. The van der Waals surface area contributed by atoms with Crippen LogP contribution in [0.4, 0.5) is 5.00 Å². The first-order valence-electron chi connectivity index (χ1n) is 6.86. The highest BCUT2D eigenvalue weighted by atomic mass is 32.1. The first-order valence-corrected chi connectivity index (χ1v) is 7.63. The molecule has 2 aromatic rings. The Balaban J connectivity index is 1.62. The van der Waals surface area contributed by atoms with E-state index in [0.717, 1.165) is 22.9 Å². The van der Waals surface area contributed by atoms with E-state index in [1.54, 1.807) is 7.05 Å². The number of carbonyl (C=O) groups is 1. The topological polar surface area (TPSA) is 63.2 Å². The normalized spacial score (nSPS) is 16.2. The van der Waals surface area contributed by atoms with Crippen LogP contribution in [-0.2, 0) is 6.42 Å². The second kappa shape index (κ2) is 5.73. The molecule has 21 heavy (non-hydrogen) atoms. The van der Waals surface area contributed by atoms with Gasteiger partial charge in [-0.15, -0.1) is 0 Å². The maximum Gasteiger partial charge on any atom is 0.256 e. The Morgan fingerprint density at radius 2 is 2.29 bits per heavy atom. The molecule has 2 heterocycles. The van der Waals surface area contributed by atoms with Gasteiger partial charge in [0.05, 0.1) is 17.8 Å². The summed E-state index contributed by atoms with van der Waals surface area (Å²) in [6.45, 7) is 2.33. The van der Waals surface area contributed by atoms with E-state index in [1.165, 1.54) is 17.1 Å². The Morgan fingerprint density at radius 1 is 1.48 bits per heavy atom. The standard InChI is InChI=1S/C15H17N3O2S/c1-9-13(15(16-2)21-18-9)14(19)17-8-11-7-10-5-3-4-6-12(10)20-11/h3-6,11,16H,7-8H2,1-2H3,(H,17,19)/t11-/m0/s1. The van der Waals surface area contributed by atoms with Crippen LogP contribution in [0.5, 0.6) is 5.75 Å². The molecular formula is C15H17N3O2S. The number of amides is 1. The van der Waals surface area contributed by atoms with Gasteiger partial charge in [-0.2, -0.15) is 4.37 Å². The molecule has 1 aliphatic heterocycles. The third kappa shape index (κ3) is 2.71. The fourth-order valence-corrected chi connectivity index (χ4v) is 3.21. The number of benzene rings is 1. The summed E-state index contributed by atoms with van der Waals surface area (Å²) in [7, 11) is 1.79. The van der Waals surface area contributed by atoms with E-state index in [-0.39, 0.29) is 12.0 Å². The van der Waals surface area contributed by atoms with E-state index < -0.39 is 0 Å². The van der Waals surface area contributed by atoms with Gasteiger partial charge in [0.15, 0.2) is 0 Å². The van der Waals surface area contributed by atoms with Crippen LogP contribution in [0.15, 0.2) is 24.3 Å². The predicted molar refractivity (Wildman–Crippen MR) is 83.3 cm³/mol. The number of ether oxygens (including phenoxy) is 1. The third-order valence-electron chi connectivity index (χ3n) is 3.52. The molecule has 3 rings (SSSR count). The highest BCUT2D eigenvalue weighted by molar-refractivity contribution is 7.10. The van der Waals surface area contributed by atoms with Crippen LogP contribution in [0.25, 0.3) is 0 Å². The van der Waals surface area contributed by atoms with Crippen molar-refractivity contribution in [1.82, 2.24) is 9.69 Å². The van der Waals surface area contributed by atoms with Crippen molar-refractivity contribution in [3.05, 3.63) is 41.1 Å². The van der Waals surface area contributed by atoms with E-state index in [9.17, 15) is 4.79 Å². The van der Waals surface area contributed by atoms with Crippen molar-refractivity contribution < 1.29 is 9.53 Å². The molecule has 0 fully saturated rings. The maximum atomic E-state index is 12.3. The van der Waals surface area contributed by atoms with Crippen LogP contribution in [0.2, 0.25) is 0 Å². The Morgan fingerprint density at radius 3 is 3.05 bits per heavy atom. The molecular weight excluding hydrogens is 286 g/mol. The summed E-state index contributed by atoms with van der Waals surface area (Å²) in [6, 6.07) is 7.98. The summed E-state index contributed by atoms with van der Waals surface area (Å²) in [5.74, 6) is 0.811. The van der Waals surface area contributed by atoms with Crippen LogP contribution < -0.4 is 15.4 Å². The summed E-state index contributed by atoms with van der Waals surface area (Å²) in [5.41, 5.74) is 2.57. The number of anilines is 1. The quantitative estimate of drug-likeness (QED) is 0.909. The van der Waals surface area contributed by atoms with Crippen LogP contribution in [0, 0.1) is 6.92 Å². The van der Waals surface area contributed by atoms with Crippen LogP contribution >= 0.6 is 11.5 Å². The molecule has 1 amide bonds. The molecule has 1 aromatic carbocycles. The van der Waals surface area contributed by atoms with E-state index in [2.05, 4.69) is 21.1 Å². The lowest BCUT2D eigenvalue weighted by molar-refractivity contribution is 0.0934. The molecule has 2 N–H and O–H groups in total. The zero-order chi connectivity index (χ0) is 14.8. The van der Waals surface area contributed by atoms with Gasteiger partial charge in [-0.25, -0.2) is 0 Å². The second-order valence-corrected chi connectivity index (χ2v) is 5.76. The highest BCUT2D eigenvalue weighted by Gasteiger charge is 2.24. The van der Waals surface area contributed by atoms with Gasteiger partial charge >= 0.3 is 0 Å². The molecule has 0 radical (unpaired) electrons. The van der Waals surface area contributed by atoms with E-state index in [4.69, 9.17) is 4.74 Å². The van der Waals surface area contributed by atoms with Gasteiger partial charge in [-0.3, -0.25) is 4.79 Å². The summed E-state index contributed by atoms with van der Waals surface area (Å²) in [5, 5.41) is 6.74. The van der Waals surface area contributed by atoms with Crippen molar-refractivity contribution in [2.45, 2.75) is 19.4 Å². The third-order valence-corrected chi connectivity index (χ3v) is 4.48. The van der Waals surface area contributed by atoms with Crippen molar-refractivity contribution in [3.63, 3.8) is 0 Å². The average Bonchev–Trinajstić information content (AvgIpc) is 3.07. The molecule has 0 spiro atoms. The lowest BCUT2D eigenvalue weighted by Gasteiger charge is -2.12. The number of hydrogen-bond donors (Lipinski definition) is 2. The molecule has 6 heteroatoms. The molecule has 0 saturated heterocycles. The predicted octanol–water partition coefficient (Wildman–Crippen LogP) is 2.23. The van der Waals surface area contributed by atoms with Crippen molar-refractivity contribution in [3.8, 4) is 5.75 Å². The smallest absolute Gasteiger partial charge is 0.256 e. The Hall–Kier alpha value is -2.08. The molecule has 0 unspecified atom stereocenters. The van der Waals surface area contributed by atoms with Gasteiger partial charge in [0, 0.05) is 13.5 Å². The fraction of sp³-hybridized carbons (Fsp3) is 0.333. The van der Waals surface area contributed by atoms with E-state index >= 15 is 0 Å². The number of carbonyl (C=O) groups excluding carboxylic acids is 1. The second-order valence-electron chi connectivity index (χ2n) is 4.98. The van der Waals surface area contributed by atoms with Crippen LogP contribution in [-0.4, -0.2) is 30.0 Å². The van der Waals surface area contributed by atoms with Gasteiger partial charge in [-0.05, 0) is 30.1 Å². The largest absolute Gasteiger partial charge is 0.488 e. The number of para-hydroxylation sites is 1. The molecule has 0 aliphatic carbocycles. The molecule has 1 atom stereocenters. The molecule has 0 saturated carbocycles. The first kappa shape index (κ1) is 13.9. The van der Waals surface area contributed by atoms with Crippen molar-refractivity contribution in [2.75, 3.05) is 18.9 Å². The molecule has 5 nitrogen and oxygen atoms in total. The average molecular weight is 303 g/mol. The summed E-state index contributed by atoms with van der Waals surface area (Å²) < 4.78 is 10.0. The van der Waals surface area contributed by atoms with Crippen LogP contribution in [0.1, 0.15) is 21.6 Å². The minimum Gasteiger partial charge on any atom is -0.488 e. The number of rotatable bonds is 4. The number of nitrogens with one attached hydrogen (secondary N) is 2. The van der Waals surface area contributed by atoms with Gasteiger partial charge in [0.25, 0.3) is 5.91 Å². The van der Waals surface area contributed by atoms with E-state index in [1.807, 2.05) is 25.1 Å². The molecule has 110 valence electrons. The number of fused-ring (bicyclic) bond motifs is 1. The lowest BCUT2D eigenvalue weighted by atomic mass is 10.1. The van der Waals surface area contributed by atoms with Gasteiger partial charge in [0.2, 0.25) is 0 Å². The lowest BCUT2D eigenvalue weighted by Crippen LogP contribution is -2.34. The first-order chi connectivity index (χ1) is 10.2. The minimum atomic E-state index is -0.106. The number of aryl methyl sites for hydroxylation is 1. The zero-order valence-corrected chi connectivity index (χ0v) is 12.8. The maximum absolute atomic E-state index is 12.3. The zero-order valence-electron chi connectivity index (χ0n) is 12.0. The Kier molecular flexibility index (Phi) is 3.79. The molecule has 0 bridgehead atoms. The number of hydrogen-bond acceptors (Lipinski definition) is 5. The van der Waals surface area contributed by atoms with Gasteiger partial charge in [-0.1, -0.05) is 18.2 Å². The SMILES string of the molecule is CNc1snc(C)c1C(=O)NC[C@@H]1Cc2ccccc2O1. The van der Waals surface area contributed by atoms with Gasteiger partial charge < -0.3 is 15.4 Å². The summed E-state index contributed by atoms with van der Waals surface area (Å²) in [6.07, 6.45) is 0.826. The van der Waals surface area contributed by atoms with Crippen molar-refractivity contribution in [2.24, 2.45) is 0 Å². The Labute approximate surface area is 127 Å². The number of aromatic nitrogens is 1. The fourth-order valence-electron chi connectivity index (χ4n) is 2.47. The molecule has 1 aromatic heterocycles. The minimum absolute atomic E-state index is 0.00344. The van der Waals surface area contributed by atoms with Gasteiger partial charge in [0.1, 0.15) is 16.9 Å². The number of nitrogens with zero attached hydrogens (tertiary/aromatic N) is 1.